The van der Waals surface area contributed by atoms with Crippen molar-refractivity contribution in [2.24, 2.45) is 11.8 Å². The number of amides is 2. The molecule has 34 heavy (non-hydrogen) atoms. The molecule has 1 atom stereocenters. The van der Waals surface area contributed by atoms with E-state index in [0.29, 0.717) is 17.3 Å². The first-order chi connectivity index (χ1) is 16.2. The first-order valence-corrected chi connectivity index (χ1v) is 11.4. The van der Waals surface area contributed by atoms with E-state index in [0.717, 1.165) is 34.4 Å². The van der Waals surface area contributed by atoms with Gasteiger partial charge in [-0.15, -0.1) is 0 Å². The molecule has 0 saturated carbocycles. The summed E-state index contributed by atoms with van der Waals surface area (Å²) in [6.07, 6.45) is 2.63. The molecule has 0 aliphatic carbocycles. The van der Waals surface area contributed by atoms with Crippen LogP contribution in [0.3, 0.4) is 0 Å². The summed E-state index contributed by atoms with van der Waals surface area (Å²) >= 11 is 0. The Morgan fingerprint density at radius 3 is 2.24 bits per heavy atom. The van der Waals surface area contributed by atoms with Gasteiger partial charge >= 0.3 is 0 Å². The second-order valence-corrected chi connectivity index (χ2v) is 9.09. The highest BCUT2D eigenvalue weighted by Crippen LogP contribution is 2.27. The molecule has 1 heterocycles. The third-order valence-corrected chi connectivity index (χ3v) is 5.57. The number of hydrogen-bond acceptors (Lipinski definition) is 4. The average Bonchev–Trinajstić information content (AvgIpc) is 2.75. The van der Waals surface area contributed by atoms with Crippen LogP contribution in [0.5, 0.6) is 0 Å². The number of carbonyl (C=O) groups is 2. The van der Waals surface area contributed by atoms with Crippen molar-refractivity contribution in [1.82, 2.24) is 4.98 Å². The largest absolute Gasteiger partial charge is 0.325 e. The molecule has 3 rings (SSSR count). The maximum Gasteiger partial charge on any atom is 0.242 e. The van der Waals surface area contributed by atoms with Gasteiger partial charge < -0.3 is 16.0 Å². The Morgan fingerprint density at radius 1 is 0.941 bits per heavy atom. The molecule has 6 nitrogen and oxygen atoms in total. The van der Waals surface area contributed by atoms with Crippen LogP contribution in [-0.4, -0.2) is 22.5 Å². The van der Waals surface area contributed by atoms with Gasteiger partial charge in [0.15, 0.2) is 5.92 Å². The number of aromatic nitrogens is 1. The molecule has 3 N–H and O–H groups in total. The van der Waals surface area contributed by atoms with Crippen molar-refractivity contribution < 1.29 is 11.0 Å². The second kappa shape index (κ2) is 10.9. The topological polar surface area (TPSA) is 94.9 Å². The van der Waals surface area contributed by atoms with Gasteiger partial charge in [0, 0.05) is 30.3 Å². The first kappa shape index (κ1) is 24.8. The molecule has 1 aromatic heterocycles. The van der Waals surface area contributed by atoms with E-state index in [2.05, 4.69) is 29.5 Å². The van der Waals surface area contributed by atoms with Crippen LogP contribution in [0, 0.1) is 31.1 Å². The van der Waals surface area contributed by atoms with Crippen LogP contribution in [0.2, 0.25) is 0 Å². The Morgan fingerprint density at radius 2 is 1.62 bits per heavy atom. The summed E-state index contributed by atoms with van der Waals surface area (Å²) in [7, 11) is 0. The number of carbonyl (C=O) groups excluding carboxylic acids is 2. The van der Waals surface area contributed by atoms with Crippen molar-refractivity contribution in [3.8, 4) is 11.3 Å². The minimum absolute atomic E-state index is 0. The van der Waals surface area contributed by atoms with E-state index in [4.69, 9.17) is 5.41 Å². The lowest BCUT2D eigenvalue weighted by molar-refractivity contribution is -0.126. The van der Waals surface area contributed by atoms with Crippen molar-refractivity contribution in [1.29, 1.82) is 5.41 Å². The van der Waals surface area contributed by atoms with E-state index in [1.165, 1.54) is 6.92 Å². The molecule has 3 aromatic rings. The molecule has 0 aliphatic rings. The van der Waals surface area contributed by atoms with Crippen LogP contribution < -0.4 is 10.6 Å². The quantitative estimate of drug-likeness (QED) is 0.283. The molecular formula is C28H34N4O2. The van der Waals surface area contributed by atoms with Gasteiger partial charge in [-0.2, -0.15) is 0 Å². The summed E-state index contributed by atoms with van der Waals surface area (Å²) in [6, 6.07) is 17.0. The third-order valence-electron chi connectivity index (χ3n) is 5.57. The number of hydrogen-bond donors (Lipinski definition) is 3. The zero-order chi connectivity index (χ0) is 24.8. The summed E-state index contributed by atoms with van der Waals surface area (Å²) in [5.74, 6) is -1.83. The molecule has 0 fully saturated rings. The van der Waals surface area contributed by atoms with Gasteiger partial charge in [0.25, 0.3) is 0 Å². The van der Waals surface area contributed by atoms with Crippen LogP contribution in [0.15, 0.2) is 60.8 Å². The van der Waals surface area contributed by atoms with Crippen molar-refractivity contribution in [2.75, 3.05) is 10.6 Å². The number of nitrogens with one attached hydrogen (secondary N) is 3. The lowest BCUT2D eigenvalue weighted by Crippen LogP contribution is -2.38. The summed E-state index contributed by atoms with van der Waals surface area (Å²) in [4.78, 5) is 30.5. The van der Waals surface area contributed by atoms with Crippen LogP contribution in [0.1, 0.15) is 38.9 Å². The lowest BCUT2D eigenvalue weighted by atomic mass is 9.99. The fraction of sp³-hybridized carbons (Fsp3) is 0.286. The number of pyridine rings is 1. The maximum absolute atomic E-state index is 13.1. The summed E-state index contributed by atoms with van der Waals surface area (Å²) in [5, 5.41) is 13.7. The van der Waals surface area contributed by atoms with E-state index in [1.54, 1.807) is 18.3 Å². The van der Waals surface area contributed by atoms with Crippen LogP contribution in [-0.2, 0) is 16.0 Å². The van der Waals surface area contributed by atoms with Gasteiger partial charge in [0.1, 0.15) is 0 Å². The van der Waals surface area contributed by atoms with Gasteiger partial charge in [0.05, 0.1) is 5.69 Å². The monoisotopic (exact) mass is 458 g/mol. The summed E-state index contributed by atoms with van der Waals surface area (Å²) < 4.78 is 0. The third kappa shape index (κ3) is 6.16. The predicted molar refractivity (Wildman–Crippen MR) is 140 cm³/mol. The zero-order valence-corrected chi connectivity index (χ0v) is 20.4. The van der Waals surface area contributed by atoms with Gasteiger partial charge in [-0.1, -0.05) is 38.1 Å². The molecule has 0 bridgehead atoms. The van der Waals surface area contributed by atoms with Crippen LogP contribution in [0.4, 0.5) is 11.4 Å². The SMILES string of the molecule is CC(=N)C(C(=O)Nc1cccc(CC(C)C)c1)C(=O)Nc1ccc(C)c(-c2ncccc2C)c1.[HH]. The Bertz CT molecular complexity index is 1220. The molecule has 6 heteroatoms. The highest BCUT2D eigenvalue weighted by molar-refractivity contribution is 6.24. The molecule has 0 aliphatic heterocycles. The minimum atomic E-state index is -1.24. The number of anilines is 2. The number of nitrogens with zero attached hydrogens (tertiary/aromatic N) is 1. The smallest absolute Gasteiger partial charge is 0.242 e. The van der Waals surface area contributed by atoms with E-state index in [9.17, 15) is 9.59 Å². The van der Waals surface area contributed by atoms with E-state index in [1.807, 2.05) is 56.3 Å². The lowest BCUT2D eigenvalue weighted by Gasteiger charge is -2.17. The minimum Gasteiger partial charge on any atom is -0.325 e. The molecule has 0 saturated heterocycles. The van der Waals surface area contributed by atoms with Gasteiger partial charge in [-0.25, -0.2) is 0 Å². The Kier molecular flexibility index (Phi) is 7.95. The standard InChI is InChI=1S/C28H32N4O2.H2/c1-17(2)14-21-9-6-10-22(15-21)31-27(33)25(20(5)29)28(34)32-23-12-11-18(3)24(16-23)26-19(4)8-7-13-30-26;/h6-13,15-17,25,29H,14H2,1-5H3,(H,31,33)(H,32,34);1H. The van der Waals surface area contributed by atoms with E-state index in [-0.39, 0.29) is 7.14 Å². The Hall–Kier alpha value is -3.80. The van der Waals surface area contributed by atoms with Crippen molar-refractivity contribution in [3.05, 3.63) is 77.5 Å². The predicted octanol–water partition coefficient (Wildman–Crippen LogP) is 6.04. The summed E-state index contributed by atoms with van der Waals surface area (Å²) in [5.41, 5.74) is 6.05. The number of aryl methyl sites for hydroxylation is 2. The highest BCUT2D eigenvalue weighted by Gasteiger charge is 2.29. The van der Waals surface area contributed by atoms with Crippen molar-refractivity contribution in [3.63, 3.8) is 0 Å². The summed E-state index contributed by atoms with van der Waals surface area (Å²) in [6.45, 7) is 9.71. The second-order valence-electron chi connectivity index (χ2n) is 9.09. The number of benzene rings is 2. The normalized spacial score (nSPS) is 11.7. The Labute approximate surface area is 202 Å². The fourth-order valence-electron chi connectivity index (χ4n) is 3.91. The average molecular weight is 459 g/mol. The van der Waals surface area contributed by atoms with E-state index < -0.39 is 17.7 Å². The molecule has 2 amide bonds. The maximum atomic E-state index is 13.1. The zero-order valence-electron chi connectivity index (χ0n) is 20.4. The molecule has 178 valence electrons. The molecule has 2 aromatic carbocycles. The van der Waals surface area contributed by atoms with Gasteiger partial charge in [-0.05, 0) is 80.1 Å². The Balaban J connectivity index is 0.00000432. The van der Waals surface area contributed by atoms with E-state index >= 15 is 0 Å². The molecule has 0 radical (unpaired) electrons. The van der Waals surface area contributed by atoms with Gasteiger partial charge in [0.2, 0.25) is 11.8 Å². The first-order valence-electron chi connectivity index (χ1n) is 11.4. The molecular weight excluding hydrogens is 424 g/mol. The van der Waals surface area contributed by atoms with Gasteiger partial charge in [-0.3, -0.25) is 14.6 Å². The molecule has 1 unspecified atom stereocenters. The van der Waals surface area contributed by atoms with Crippen LogP contribution >= 0.6 is 0 Å². The van der Waals surface area contributed by atoms with Crippen molar-refractivity contribution in [2.45, 2.75) is 41.0 Å². The highest BCUT2D eigenvalue weighted by atomic mass is 16.2. The van der Waals surface area contributed by atoms with Crippen LogP contribution in [0.25, 0.3) is 11.3 Å². The fourth-order valence-corrected chi connectivity index (χ4v) is 3.91. The number of rotatable bonds is 8. The molecule has 0 spiro atoms. The van der Waals surface area contributed by atoms with Crippen molar-refractivity contribution >= 4 is 28.9 Å².